The van der Waals surface area contributed by atoms with Gasteiger partial charge in [0.2, 0.25) is 0 Å². The second-order valence-corrected chi connectivity index (χ2v) is 3.44. The fourth-order valence-corrected chi connectivity index (χ4v) is 1.42. The molecular formula is C10H9ClO2. The quantitative estimate of drug-likeness (QED) is 0.760. The van der Waals surface area contributed by atoms with Crippen LogP contribution >= 0.6 is 11.6 Å². The second-order valence-electron chi connectivity index (χ2n) is 3.01. The molecule has 1 aromatic carbocycles. The zero-order valence-corrected chi connectivity index (χ0v) is 7.88. The zero-order valence-electron chi connectivity index (χ0n) is 7.12. The molecule has 0 fully saturated rings. The summed E-state index contributed by atoms with van der Waals surface area (Å²) in [5.74, 6) is 0.567. The van der Waals surface area contributed by atoms with Crippen molar-refractivity contribution in [2.45, 2.75) is 13.0 Å². The van der Waals surface area contributed by atoms with E-state index in [0.29, 0.717) is 10.8 Å². The molecule has 0 saturated heterocycles. The molecule has 0 spiro atoms. The summed E-state index contributed by atoms with van der Waals surface area (Å²) in [6.07, 6.45) is -0.578. The molecule has 0 bridgehead atoms. The van der Waals surface area contributed by atoms with Crippen molar-refractivity contribution >= 4 is 22.6 Å². The Balaban J connectivity index is 2.62. The number of furan rings is 1. The Hall–Kier alpha value is -0.990. The van der Waals surface area contributed by atoms with Crippen molar-refractivity contribution < 1.29 is 9.52 Å². The molecule has 1 heterocycles. The smallest absolute Gasteiger partial charge is 0.134 e. The standard InChI is InChI=1S/C10H9ClO2/c1-6(12)10-5-7-4-8(11)2-3-9(7)13-10/h2-6,12H,1H3. The molecule has 2 rings (SSSR count). The summed E-state index contributed by atoms with van der Waals surface area (Å²) in [6, 6.07) is 7.17. The summed E-state index contributed by atoms with van der Waals surface area (Å²) >= 11 is 5.80. The van der Waals surface area contributed by atoms with Gasteiger partial charge in [0.1, 0.15) is 17.4 Å². The molecule has 68 valence electrons. The van der Waals surface area contributed by atoms with Crippen molar-refractivity contribution in [3.8, 4) is 0 Å². The highest BCUT2D eigenvalue weighted by molar-refractivity contribution is 6.31. The van der Waals surface area contributed by atoms with Crippen molar-refractivity contribution in [1.82, 2.24) is 0 Å². The summed E-state index contributed by atoms with van der Waals surface area (Å²) in [4.78, 5) is 0. The van der Waals surface area contributed by atoms with E-state index < -0.39 is 6.10 Å². The molecular weight excluding hydrogens is 188 g/mol. The monoisotopic (exact) mass is 196 g/mol. The minimum atomic E-state index is -0.578. The average molecular weight is 197 g/mol. The molecule has 3 heteroatoms. The van der Waals surface area contributed by atoms with Gasteiger partial charge in [-0.25, -0.2) is 0 Å². The van der Waals surface area contributed by atoms with Crippen LogP contribution in [0.1, 0.15) is 18.8 Å². The summed E-state index contributed by atoms with van der Waals surface area (Å²) in [7, 11) is 0. The predicted molar refractivity (Wildman–Crippen MR) is 51.9 cm³/mol. The van der Waals surface area contributed by atoms with E-state index >= 15 is 0 Å². The predicted octanol–water partition coefficient (Wildman–Crippen LogP) is 3.14. The summed E-state index contributed by atoms with van der Waals surface area (Å²) in [5, 5.41) is 10.9. The third-order valence-corrected chi connectivity index (χ3v) is 2.14. The lowest BCUT2D eigenvalue weighted by atomic mass is 10.2. The molecule has 0 aliphatic carbocycles. The second kappa shape index (κ2) is 3.05. The minimum absolute atomic E-state index is 0.567. The summed E-state index contributed by atoms with van der Waals surface area (Å²) in [5.41, 5.74) is 0.750. The van der Waals surface area contributed by atoms with Crippen LogP contribution in [-0.4, -0.2) is 5.11 Å². The third-order valence-electron chi connectivity index (χ3n) is 1.91. The van der Waals surface area contributed by atoms with Crippen LogP contribution in [0.4, 0.5) is 0 Å². The minimum Gasteiger partial charge on any atom is -0.458 e. The first-order valence-electron chi connectivity index (χ1n) is 4.04. The van der Waals surface area contributed by atoms with Gasteiger partial charge >= 0.3 is 0 Å². The number of hydrogen-bond acceptors (Lipinski definition) is 2. The van der Waals surface area contributed by atoms with Crippen LogP contribution in [0.3, 0.4) is 0 Å². The number of rotatable bonds is 1. The fourth-order valence-electron chi connectivity index (χ4n) is 1.24. The molecule has 2 aromatic rings. The number of aliphatic hydroxyl groups excluding tert-OH is 1. The maximum Gasteiger partial charge on any atom is 0.134 e. The number of aliphatic hydroxyl groups is 1. The first-order chi connectivity index (χ1) is 6.16. The van der Waals surface area contributed by atoms with Gasteiger partial charge < -0.3 is 9.52 Å². The van der Waals surface area contributed by atoms with Gasteiger partial charge in [-0.3, -0.25) is 0 Å². The van der Waals surface area contributed by atoms with E-state index in [1.165, 1.54) is 0 Å². The Morgan fingerprint density at radius 1 is 1.38 bits per heavy atom. The fraction of sp³-hybridized carbons (Fsp3) is 0.200. The topological polar surface area (TPSA) is 33.4 Å². The van der Waals surface area contributed by atoms with E-state index in [1.807, 2.05) is 6.07 Å². The molecule has 13 heavy (non-hydrogen) atoms. The Morgan fingerprint density at radius 3 is 2.85 bits per heavy atom. The first kappa shape index (κ1) is 8.60. The molecule has 1 atom stereocenters. The molecule has 2 nitrogen and oxygen atoms in total. The molecule has 0 saturated carbocycles. The molecule has 0 aliphatic rings. The van der Waals surface area contributed by atoms with Crippen LogP contribution in [0.2, 0.25) is 5.02 Å². The van der Waals surface area contributed by atoms with Crippen LogP contribution in [0.15, 0.2) is 28.7 Å². The van der Waals surface area contributed by atoms with E-state index in [9.17, 15) is 5.11 Å². The SMILES string of the molecule is CC(O)c1cc2cc(Cl)ccc2o1. The Labute approximate surface area is 80.7 Å². The van der Waals surface area contributed by atoms with Crippen molar-refractivity contribution in [3.63, 3.8) is 0 Å². The van der Waals surface area contributed by atoms with E-state index in [2.05, 4.69) is 0 Å². The van der Waals surface area contributed by atoms with Gasteiger partial charge in [-0.05, 0) is 31.2 Å². The Morgan fingerprint density at radius 2 is 2.15 bits per heavy atom. The molecule has 0 amide bonds. The molecule has 0 aliphatic heterocycles. The van der Waals surface area contributed by atoms with Crippen LogP contribution in [0.5, 0.6) is 0 Å². The zero-order chi connectivity index (χ0) is 9.42. The molecule has 1 N–H and O–H groups in total. The van der Waals surface area contributed by atoms with Crippen molar-refractivity contribution in [1.29, 1.82) is 0 Å². The largest absolute Gasteiger partial charge is 0.458 e. The Bertz CT molecular complexity index is 431. The van der Waals surface area contributed by atoms with Gasteiger partial charge in [0.05, 0.1) is 0 Å². The van der Waals surface area contributed by atoms with E-state index in [1.54, 1.807) is 25.1 Å². The van der Waals surface area contributed by atoms with Crippen LogP contribution in [0, 0.1) is 0 Å². The normalized spacial score (nSPS) is 13.5. The number of benzene rings is 1. The highest BCUT2D eigenvalue weighted by Gasteiger charge is 2.07. The van der Waals surface area contributed by atoms with E-state index in [4.69, 9.17) is 16.0 Å². The number of hydrogen-bond donors (Lipinski definition) is 1. The summed E-state index contributed by atoms with van der Waals surface area (Å²) in [6.45, 7) is 1.67. The van der Waals surface area contributed by atoms with E-state index in [0.717, 1.165) is 11.0 Å². The maximum absolute atomic E-state index is 9.27. The highest BCUT2D eigenvalue weighted by Crippen LogP contribution is 2.25. The van der Waals surface area contributed by atoms with Crippen molar-refractivity contribution in [3.05, 3.63) is 35.0 Å². The van der Waals surface area contributed by atoms with Gasteiger partial charge in [-0.1, -0.05) is 11.6 Å². The maximum atomic E-state index is 9.27. The average Bonchev–Trinajstić information content (AvgIpc) is 2.46. The lowest BCUT2D eigenvalue weighted by Gasteiger charge is -1.95. The van der Waals surface area contributed by atoms with Gasteiger partial charge in [0, 0.05) is 10.4 Å². The first-order valence-corrected chi connectivity index (χ1v) is 4.41. The van der Waals surface area contributed by atoms with Gasteiger partial charge in [0.25, 0.3) is 0 Å². The lowest BCUT2D eigenvalue weighted by molar-refractivity contribution is 0.172. The lowest BCUT2D eigenvalue weighted by Crippen LogP contribution is -1.85. The molecule has 0 radical (unpaired) electrons. The molecule has 1 aromatic heterocycles. The van der Waals surface area contributed by atoms with E-state index in [-0.39, 0.29) is 0 Å². The van der Waals surface area contributed by atoms with Crippen LogP contribution < -0.4 is 0 Å². The highest BCUT2D eigenvalue weighted by atomic mass is 35.5. The van der Waals surface area contributed by atoms with Crippen LogP contribution in [0.25, 0.3) is 11.0 Å². The Kier molecular flexibility index (Phi) is 2.02. The number of fused-ring (bicyclic) bond motifs is 1. The van der Waals surface area contributed by atoms with Crippen molar-refractivity contribution in [2.75, 3.05) is 0 Å². The van der Waals surface area contributed by atoms with Crippen molar-refractivity contribution in [2.24, 2.45) is 0 Å². The van der Waals surface area contributed by atoms with Crippen LogP contribution in [-0.2, 0) is 0 Å². The molecule has 1 unspecified atom stereocenters. The van der Waals surface area contributed by atoms with Gasteiger partial charge in [-0.15, -0.1) is 0 Å². The number of halogens is 1. The van der Waals surface area contributed by atoms with Gasteiger partial charge in [-0.2, -0.15) is 0 Å². The third kappa shape index (κ3) is 1.55. The summed E-state index contributed by atoms with van der Waals surface area (Å²) < 4.78 is 5.38. The van der Waals surface area contributed by atoms with Gasteiger partial charge in [0.15, 0.2) is 0 Å².